The summed E-state index contributed by atoms with van der Waals surface area (Å²) in [7, 11) is 0. The topological polar surface area (TPSA) is 25.8 Å². The zero-order valence-corrected chi connectivity index (χ0v) is 37.6. The molecule has 2 spiro atoms. The Balaban J connectivity index is 0.872. The summed E-state index contributed by atoms with van der Waals surface area (Å²) in [5, 5.41) is 0. The molecule has 1 heterocycles. The van der Waals surface area contributed by atoms with E-state index in [-0.39, 0.29) is 10.8 Å². The quantitative estimate of drug-likeness (QED) is 0.167. The van der Waals surface area contributed by atoms with Gasteiger partial charge in [-0.05, 0) is 99.4 Å². The van der Waals surface area contributed by atoms with Crippen LogP contribution in [0.15, 0.2) is 200 Å². The van der Waals surface area contributed by atoms with Crippen molar-refractivity contribution >= 4 is 5.57 Å². The lowest BCUT2D eigenvalue weighted by molar-refractivity contribution is 0.232. The van der Waals surface area contributed by atoms with Crippen molar-refractivity contribution in [2.24, 2.45) is 5.92 Å². The van der Waals surface area contributed by atoms with Crippen LogP contribution in [-0.2, 0) is 10.8 Å². The number of hydrogen-bond donors (Lipinski definition) is 0. The lowest BCUT2D eigenvalue weighted by atomic mass is 9.61. The minimum Gasteiger partial charge on any atom is -0.243 e. The van der Waals surface area contributed by atoms with Crippen molar-refractivity contribution in [1.82, 2.24) is 9.97 Å². The molecule has 5 aliphatic carbocycles. The molecule has 13 rings (SSSR count). The molecule has 0 aliphatic heterocycles. The summed E-state index contributed by atoms with van der Waals surface area (Å²) in [6, 6.07) is 66.7. The molecule has 0 radical (unpaired) electrons. The summed E-state index contributed by atoms with van der Waals surface area (Å²) in [5.74, 6) is 1.05. The first-order valence-corrected chi connectivity index (χ1v) is 24.7. The Morgan fingerprint density at radius 2 is 0.833 bits per heavy atom. The minimum absolute atomic E-state index is 0.103. The van der Waals surface area contributed by atoms with Crippen LogP contribution in [0, 0.1) is 5.92 Å². The Hall–Kier alpha value is -6.90. The first-order chi connectivity index (χ1) is 32.7. The number of rotatable bonds is 6. The van der Waals surface area contributed by atoms with Gasteiger partial charge >= 0.3 is 0 Å². The predicted octanol–water partition coefficient (Wildman–Crippen LogP) is 16.6. The molecule has 2 heteroatoms. The van der Waals surface area contributed by atoms with Crippen LogP contribution in [0.5, 0.6) is 0 Å². The molecule has 66 heavy (non-hydrogen) atoms. The lowest BCUT2D eigenvalue weighted by Crippen LogP contribution is -2.35. The van der Waals surface area contributed by atoms with Gasteiger partial charge in [0.05, 0.1) is 22.8 Å². The molecule has 320 valence electrons. The van der Waals surface area contributed by atoms with E-state index < -0.39 is 0 Å². The molecule has 2 fully saturated rings. The Bertz CT molecular complexity index is 3180. The number of nitrogens with zero attached hydrogens (tertiary/aromatic N) is 2. The lowest BCUT2D eigenvalue weighted by Gasteiger charge is -2.43. The van der Waals surface area contributed by atoms with Gasteiger partial charge in [0.2, 0.25) is 0 Å². The Morgan fingerprint density at radius 1 is 0.364 bits per heavy atom. The van der Waals surface area contributed by atoms with Crippen molar-refractivity contribution in [3.63, 3.8) is 0 Å². The summed E-state index contributed by atoms with van der Waals surface area (Å²) >= 11 is 0. The highest BCUT2D eigenvalue weighted by Crippen LogP contribution is 2.66. The summed E-state index contributed by atoms with van der Waals surface area (Å²) in [4.78, 5) is 10.9. The zero-order chi connectivity index (χ0) is 43.7. The third-order valence-corrected chi connectivity index (χ3v) is 16.4. The van der Waals surface area contributed by atoms with Crippen molar-refractivity contribution in [3.05, 3.63) is 222 Å². The number of aromatic nitrogens is 2. The SMILES string of the molecule is C1=C2C(=CC3c4ccccc4C4(CCCCC4)C13)C1(CCCCC1)c1cc(-c3cccc(-c4ccc(-c5nc(-c6ccccc6)c(-c6ccccc6)nc5-c5ccccc5)cc4)c3)ccc12. The van der Waals surface area contributed by atoms with Crippen LogP contribution in [0.1, 0.15) is 92.4 Å². The van der Waals surface area contributed by atoms with Crippen LogP contribution in [0.3, 0.4) is 0 Å². The molecular formula is C64H54N2. The average Bonchev–Trinajstić information content (AvgIpc) is 3.80. The molecule has 2 nitrogen and oxygen atoms in total. The van der Waals surface area contributed by atoms with Gasteiger partial charge in [-0.1, -0.05) is 221 Å². The number of fused-ring (bicyclic) bond motifs is 10. The molecule has 2 atom stereocenters. The zero-order valence-electron chi connectivity index (χ0n) is 37.6. The minimum atomic E-state index is 0.103. The fourth-order valence-electron chi connectivity index (χ4n) is 13.3. The number of hydrogen-bond acceptors (Lipinski definition) is 2. The van der Waals surface area contributed by atoms with Gasteiger partial charge in [-0.25, -0.2) is 9.97 Å². The number of allylic oxidation sites excluding steroid dienone is 4. The monoisotopic (exact) mass is 850 g/mol. The molecule has 5 aliphatic rings. The second-order valence-electron chi connectivity index (χ2n) is 19.8. The van der Waals surface area contributed by atoms with Crippen LogP contribution in [0.2, 0.25) is 0 Å². The van der Waals surface area contributed by atoms with E-state index in [1.165, 1.54) is 92.0 Å². The van der Waals surface area contributed by atoms with Crippen molar-refractivity contribution in [2.45, 2.75) is 81.0 Å². The molecular weight excluding hydrogens is 797 g/mol. The highest BCUT2D eigenvalue weighted by Gasteiger charge is 2.55. The van der Waals surface area contributed by atoms with E-state index in [2.05, 4.69) is 194 Å². The molecule has 1 aromatic heterocycles. The van der Waals surface area contributed by atoms with Gasteiger partial charge in [0.1, 0.15) is 0 Å². The molecule has 0 bridgehead atoms. The first-order valence-electron chi connectivity index (χ1n) is 24.7. The van der Waals surface area contributed by atoms with Gasteiger partial charge in [0.15, 0.2) is 0 Å². The van der Waals surface area contributed by atoms with Crippen LogP contribution in [0.4, 0.5) is 0 Å². The second kappa shape index (κ2) is 15.9. The van der Waals surface area contributed by atoms with Crippen LogP contribution in [0.25, 0.3) is 72.9 Å². The normalized spacial score (nSPS) is 19.6. The van der Waals surface area contributed by atoms with Crippen LogP contribution >= 0.6 is 0 Å². The van der Waals surface area contributed by atoms with E-state index in [4.69, 9.17) is 9.97 Å². The summed E-state index contributed by atoms with van der Waals surface area (Å²) < 4.78 is 0. The van der Waals surface area contributed by atoms with E-state index in [0.29, 0.717) is 11.8 Å². The molecule has 7 aromatic carbocycles. The highest BCUT2D eigenvalue weighted by atomic mass is 14.9. The second-order valence-corrected chi connectivity index (χ2v) is 19.8. The Morgan fingerprint density at radius 3 is 1.44 bits per heavy atom. The van der Waals surface area contributed by atoms with Gasteiger partial charge in [-0.3, -0.25) is 0 Å². The fourth-order valence-corrected chi connectivity index (χ4v) is 13.3. The van der Waals surface area contributed by atoms with E-state index in [1.54, 1.807) is 27.8 Å². The Kier molecular flexibility index (Phi) is 9.52. The van der Waals surface area contributed by atoms with Crippen LogP contribution < -0.4 is 0 Å². The standard InChI is InChI=1S/C64H54N2/c1-6-19-44(20-7-1)59-60(45-21-8-2-9-22-45)66-62(61(65-59)46-23-10-3-11-24-46)47-31-29-43(30-32-47)48-25-18-26-49(39-48)50-33-34-52-54-42-57-53(41-58(54)64(56(52)40-50)37-16-5-17-38-64)51-27-12-13-28-55(51)63(57)35-14-4-15-36-63/h1-3,6-13,18-34,39-42,53,57H,4-5,14-17,35-38H2. The van der Waals surface area contributed by atoms with Gasteiger partial charge in [0, 0.05) is 39.0 Å². The van der Waals surface area contributed by atoms with E-state index in [9.17, 15) is 0 Å². The molecule has 0 N–H and O–H groups in total. The third-order valence-electron chi connectivity index (χ3n) is 16.4. The van der Waals surface area contributed by atoms with Crippen molar-refractivity contribution < 1.29 is 0 Å². The van der Waals surface area contributed by atoms with Crippen molar-refractivity contribution in [1.29, 1.82) is 0 Å². The smallest absolute Gasteiger partial charge is 0.0973 e. The van der Waals surface area contributed by atoms with Crippen molar-refractivity contribution in [2.75, 3.05) is 0 Å². The average molecular weight is 851 g/mol. The molecule has 2 unspecified atom stereocenters. The maximum Gasteiger partial charge on any atom is 0.0973 e. The summed E-state index contributed by atoms with van der Waals surface area (Å²) in [5.41, 5.74) is 22.7. The van der Waals surface area contributed by atoms with E-state index in [0.717, 1.165) is 45.0 Å². The molecule has 0 saturated heterocycles. The van der Waals surface area contributed by atoms with Gasteiger partial charge < -0.3 is 0 Å². The maximum absolute atomic E-state index is 5.49. The highest BCUT2D eigenvalue weighted by molar-refractivity contribution is 5.93. The predicted molar refractivity (Wildman–Crippen MR) is 273 cm³/mol. The van der Waals surface area contributed by atoms with Crippen LogP contribution in [-0.4, -0.2) is 9.97 Å². The summed E-state index contributed by atoms with van der Waals surface area (Å²) in [6.45, 7) is 0. The van der Waals surface area contributed by atoms with Gasteiger partial charge in [-0.15, -0.1) is 0 Å². The van der Waals surface area contributed by atoms with Gasteiger partial charge in [0.25, 0.3) is 0 Å². The van der Waals surface area contributed by atoms with Crippen molar-refractivity contribution in [3.8, 4) is 67.3 Å². The molecule has 2 saturated carbocycles. The molecule has 0 amide bonds. The first kappa shape index (κ1) is 39.5. The Labute approximate surface area is 389 Å². The maximum atomic E-state index is 5.49. The largest absolute Gasteiger partial charge is 0.243 e. The number of benzene rings is 7. The van der Waals surface area contributed by atoms with E-state index >= 15 is 0 Å². The third kappa shape index (κ3) is 6.28. The molecule has 8 aromatic rings. The van der Waals surface area contributed by atoms with Gasteiger partial charge in [-0.2, -0.15) is 0 Å². The van der Waals surface area contributed by atoms with E-state index in [1.807, 2.05) is 0 Å². The summed E-state index contributed by atoms with van der Waals surface area (Å²) in [6.07, 6.45) is 18.8. The fraction of sp³-hybridized carbons (Fsp3) is 0.219.